The molecule has 0 radical (unpaired) electrons. The normalized spacial score (nSPS) is 9.37. The Morgan fingerprint density at radius 1 is 1.11 bits per heavy atom. The second-order valence-corrected chi connectivity index (χ2v) is 7.49. The van der Waals surface area contributed by atoms with Crippen molar-refractivity contribution in [3.63, 3.8) is 0 Å². The van der Waals surface area contributed by atoms with Crippen LogP contribution >= 0.6 is 0 Å². The summed E-state index contributed by atoms with van der Waals surface area (Å²) in [6.45, 7) is 2.57. The van der Waals surface area contributed by atoms with E-state index in [1.165, 1.54) is 7.11 Å². The molecule has 0 amide bonds. The van der Waals surface area contributed by atoms with Crippen molar-refractivity contribution >= 4 is 39.3 Å². The molecule has 0 atom stereocenters. The van der Waals surface area contributed by atoms with E-state index in [1.54, 1.807) is 0 Å². The molecule has 0 aliphatic carbocycles. The number of halogens is 1. The van der Waals surface area contributed by atoms with Gasteiger partial charge >= 0.3 is 27.0 Å². The molecule has 2 aromatic carbocycles. The number of methoxy groups -OCH3 is 1. The molecule has 12 nitrogen and oxygen atoms in total. The first-order valence-corrected chi connectivity index (χ1v) is 11.3. The van der Waals surface area contributed by atoms with Crippen LogP contribution in [0.15, 0.2) is 48.5 Å². The molecule has 212 valence electrons. The van der Waals surface area contributed by atoms with E-state index in [0.717, 1.165) is 33.9 Å². The minimum atomic E-state index is -1.50. The molecule has 14 heteroatoms. The molecule has 0 fully saturated rings. The Morgan fingerprint density at radius 2 is 1.58 bits per heavy atom. The zero-order valence-corrected chi connectivity index (χ0v) is 24.3. The summed E-state index contributed by atoms with van der Waals surface area (Å²) < 4.78 is 4.62. The monoisotopic (exact) mass is 730 g/mol. The molecule has 3 rings (SSSR count). The quantitative estimate of drug-likeness (QED) is 0.0453. The number of amidine groups is 1. The Morgan fingerprint density at radius 3 is 2.03 bits per heavy atom. The van der Waals surface area contributed by atoms with E-state index >= 15 is 0 Å². The zero-order valence-electron chi connectivity index (χ0n) is 21.3. The molecule has 0 spiro atoms. The Kier molecular flexibility index (Phi) is 20.4. The van der Waals surface area contributed by atoms with Gasteiger partial charge in [-0.15, -0.1) is 22.3 Å². The number of hydrogen-bond donors (Lipinski definition) is 4. The average Bonchev–Trinajstić information content (AvgIpc) is 2.88. The van der Waals surface area contributed by atoms with Crippen LogP contribution in [0.25, 0.3) is 27.1 Å². The van der Waals surface area contributed by atoms with E-state index in [1.807, 2.05) is 48.3 Å². The summed E-state index contributed by atoms with van der Waals surface area (Å²) in [5.74, 6) is 0.148. The molecule has 6 N–H and O–H groups in total. The Bertz CT molecular complexity index is 1080. The van der Waals surface area contributed by atoms with Gasteiger partial charge in [0, 0.05) is 33.1 Å². The number of ether oxygens (including phenoxy) is 1. The summed E-state index contributed by atoms with van der Waals surface area (Å²) in [6.07, 6.45) is 1.45. The summed E-state index contributed by atoms with van der Waals surface area (Å²) in [7, 11) is 3.24. The van der Waals surface area contributed by atoms with Gasteiger partial charge in [0.2, 0.25) is 0 Å². The number of fused-ring (bicyclic) bond motifs is 2. The molecule has 0 bridgehead atoms. The Hall–Kier alpha value is -3.05. The molecule has 0 unspecified atom stereocenters. The van der Waals surface area contributed by atoms with E-state index in [-0.39, 0.29) is 45.9 Å². The van der Waals surface area contributed by atoms with Crippen LogP contribution in [0.2, 0.25) is 0 Å². The van der Waals surface area contributed by atoms with Crippen LogP contribution in [0, 0.1) is 15.5 Å². The third-order valence-corrected chi connectivity index (χ3v) is 4.90. The predicted molar refractivity (Wildman–Crippen MR) is 140 cm³/mol. The number of para-hydroxylation sites is 2. The van der Waals surface area contributed by atoms with Crippen molar-refractivity contribution in [2.45, 2.75) is 19.3 Å². The summed E-state index contributed by atoms with van der Waals surface area (Å²) in [4.78, 5) is 26.2. The van der Waals surface area contributed by atoms with Crippen LogP contribution in [0.1, 0.15) is 19.3 Å². The third-order valence-electron chi connectivity index (χ3n) is 4.90. The number of carbonyl (C=O) groups excluding carboxylic acids is 1. The molecule has 0 saturated carbocycles. The first-order valence-electron chi connectivity index (χ1n) is 11.3. The van der Waals surface area contributed by atoms with Crippen LogP contribution < -0.4 is 23.9 Å². The maximum absolute atomic E-state index is 11.2. The summed E-state index contributed by atoms with van der Waals surface area (Å²) >= 11 is 0. The molecule has 0 aliphatic heterocycles. The van der Waals surface area contributed by atoms with Gasteiger partial charge in [0.15, 0.2) is 0 Å². The second-order valence-electron chi connectivity index (χ2n) is 7.49. The van der Waals surface area contributed by atoms with Crippen LogP contribution in [0.3, 0.4) is 0 Å². The summed E-state index contributed by atoms with van der Waals surface area (Å²) in [5.41, 5.74) is 12.7. The fourth-order valence-corrected chi connectivity index (χ4v) is 3.14. The number of esters is 1. The molecule has 1 aromatic heterocycles. The predicted octanol–water partition coefficient (Wildman–Crippen LogP) is 0.203. The Labute approximate surface area is 242 Å². The number of nitrogens with zero attached hydrogens (tertiary/aromatic N) is 4. The number of nitrogens with one attached hydrogen (secondary N) is 1. The van der Waals surface area contributed by atoms with E-state index in [0.29, 0.717) is 38.4 Å². The third kappa shape index (κ3) is 13.5. The standard InChI is InChI=1S/C22H25N4O2.C2H8N2.ClH.HNO3.Pt/c1-26(20(23)12-13-21(27)28-2)15-7-14-24-22-16-8-3-5-10-18(16)25-19-11-6-4-9-17(19)22;3-1-2-4;;2-1(3)4;/h3-6,8-11,23H,7,12-15H2,1-2H3;1-4H2;1H;(H,2,3,4);/q-1;;;;+2/p-1. The van der Waals surface area contributed by atoms with Crippen molar-refractivity contribution in [1.29, 1.82) is 5.41 Å². The van der Waals surface area contributed by atoms with Gasteiger partial charge in [-0.1, -0.05) is 42.8 Å². The molecule has 0 saturated heterocycles. The fraction of sp³-hybridized carbons (Fsp3) is 0.375. The van der Waals surface area contributed by atoms with Crippen molar-refractivity contribution in [2.75, 3.05) is 40.3 Å². The number of benzene rings is 2. The van der Waals surface area contributed by atoms with Crippen LogP contribution in [0.5, 0.6) is 0 Å². The average molecular weight is 731 g/mol. The van der Waals surface area contributed by atoms with Gasteiger partial charge in [0.1, 0.15) is 0 Å². The van der Waals surface area contributed by atoms with Gasteiger partial charge in [0.25, 0.3) is 5.09 Å². The topological polar surface area (TPSA) is 196 Å². The summed E-state index contributed by atoms with van der Waals surface area (Å²) in [5, 5.41) is 28.7. The Balaban J connectivity index is 0. The first-order chi connectivity index (χ1) is 17.2. The smallest absolute Gasteiger partial charge is 1.00 e. The number of hydrogen-bond acceptors (Lipinski definition) is 8. The van der Waals surface area contributed by atoms with Crippen molar-refractivity contribution in [3.8, 4) is 0 Å². The minimum Gasteiger partial charge on any atom is -1.00 e. The number of pyridine rings is 1. The van der Waals surface area contributed by atoms with Crippen LogP contribution in [-0.2, 0) is 30.6 Å². The number of rotatable bonds is 9. The van der Waals surface area contributed by atoms with Gasteiger partial charge in [-0.25, -0.2) is 4.98 Å². The van der Waals surface area contributed by atoms with Crippen molar-refractivity contribution in [3.05, 3.63) is 64.0 Å². The SMILES string of the molecule is COC(=O)CCC(=N)N(C)CCC[N-]c1c2ccccc2nc2ccccc12.NCCN.O=[N+]([O-])O.[Cl-].[Pt+2]. The number of aromatic nitrogens is 1. The number of nitrogens with two attached hydrogens (primary N) is 2. The molecular formula is C24H34ClN7O5Pt. The van der Waals surface area contributed by atoms with Crippen molar-refractivity contribution < 1.29 is 53.3 Å². The largest absolute Gasteiger partial charge is 2.00 e. The van der Waals surface area contributed by atoms with Crippen molar-refractivity contribution in [1.82, 2.24) is 9.88 Å². The van der Waals surface area contributed by atoms with Gasteiger partial charge in [-0.3, -0.25) is 10.2 Å². The molecule has 3 aromatic rings. The van der Waals surface area contributed by atoms with Gasteiger partial charge in [-0.05, 0) is 22.9 Å². The second kappa shape index (κ2) is 20.9. The van der Waals surface area contributed by atoms with E-state index < -0.39 is 5.09 Å². The van der Waals surface area contributed by atoms with Gasteiger partial charge in [0.05, 0.1) is 30.4 Å². The number of carbonyl (C=O) groups is 1. The van der Waals surface area contributed by atoms with Crippen LogP contribution in [0.4, 0.5) is 5.69 Å². The van der Waals surface area contributed by atoms with E-state index in [9.17, 15) is 4.79 Å². The maximum Gasteiger partial charge on any atom is 2.00 e. The fourth-order valence-electron chi connectivity index (χ4n) is 3.14. The van der Waals surface area contributed by atoms with Crippen molar-refractivity contribution in [2.24, 2.45) is 11.5 Å². The van der Waals surface area contributed by atoms with E-state index in [2.05, 4.69) is 16.9 Å². The van der Waals surface area contributed by atoms with Gasteiger partial charge in [-0.2, -0.15) is 0 Å². The van der Waals surface area contributed by atoms with E-state index in [4.69, 9.17) is 42.5 Å². The molecule has 1 heterocycles. The molecule has 38 heavy (non-hydrogen) atoms. The minimum absolute atomic E-state index is 0. The zero-order chi connectivity index (χ0) is 26.9. The first kappa shape index (κ1) is 37.1. The maximum atomic E-state index is 11.2. The molecule has 0 aliphatic rings. The van der Waals surface area contributed by atoms with Crippen LogP contribution in [-0.4, -0.2) is 72.3 Å². The summed E-state index contributed by atoms with van der Waals surface area (Å²) in [6, 6.07) is 16.1. The van der Waals surface area contributed by atoms with Gasteiger partial charge < -0.3 is 44.0 Å². The molecular weight excluding hydrogens is 697 g/mol.